The van der Waals surface area contributed by atoms with E-state index in [0.29, 0.717) is 70.6 Å². The van der Waals surface area contributed by atoms with Gasteiger partial charge in [-0.2, -0.15) is 0 Å². The molecule has 0 atom stereocenters. The normalized spacial score (nSPS) is 10.6. The smallest absolute Gasteiger partial charge is 0.332 e. The average molecular weight is 482 g/mol. The van der Waals surface area contributed by atoms with Gasteiger partial charge in [0, 0.05) is 59.1 Å². The molecular weight excluding hydrogens is 442 g/mol. The lowest BCUT2D eigenvalue weighted by Crippen LogP contribution is -2.37. The number of anilines is 1. The van der Waals surface area contributed by atoms with Crippen LogP contribution in [0.5, 0.6) is 0 Å². The van der Waals surface area contributed by atoms with Gasteiger partial charge in [0.2, 0.25) is 11.8 Å². The van der Waals surface area contributed by atoms with Gasteiger partial charge in [-0.15, -0.1) is 0 Å². The number of nitrogens with one attached hydrogen (secondary N) is 3. The Kier molecular flexibility index (Phi) is 14.0. The maximum Gasteiger partial charge on any atom is 0.332 e. The van der Waals surface area contributed by atoms with Crippen molar-refractivity contribution in [1.82, 2.24) is 19.8 Å². The van der Waals surface area contributed by atoms with E-state index in [9.17, 15) is 24.0 Å². The van der Waals surface area contributed by atoms with Crippen molar-refractivity contribution in [3.05, 3.63) is 26.9 Å². The van der Waals surface area contributed by atoms with Gasteiger partial charge in [0.1, 0.15) is 5.82 Å². The van der Waals surface area contributed by atoms with Crippen molar-refractivity contribution >= 4 is 23.6 Å². The van der Waals surface area contributed by atoms with Gasteiger partial charge in [-0.1, -0.05) is 0 Å². The highest BCUT2D eigenvalue weighted by molar-refractivity contribution is 5.76. The molecule has 1 rings (SSSR count). The maximum absolute atomic E-state index is 11.9. The number of hydrogen-bond donors (Lipinski definition) is 3. The molecular formula is C23H39N5O6. The van der Waals surface area contributed by atoms with E-state index < -0.39 is 5.69 Å². The zero-order chi connectivity index (χ0) is 25.3. The van der Waals surface area contributed by atoms with Crippen LogP contribution < -0.4 is 27.2 Å². The summed E-state index contributed by atoms with van der Waals surface area (Å²) >= 11 is 0. The lowest BCUT2D eigenvalue weighted by atomic mass is 10.2. The molecule has 0 bridgehead atoms. The molecule has 0 aliphatic rings. The van der Waals surface area contributed by atoms with Gasteiger partial charge in [-0.3, -0.25) is 28.3 Å². The van der Waals surface area contributed by atoms with Crippen LogP contribution in [0.2, 0.25) is 0 Å². The third-order valence-electron chi connectivity index (χ3n) is 5.25. The van der Waals surface area contributed by atoms with Crippen molar-refractivity contribution < 1.29 is 19.1 Å². The second-order valence-corrected chi connectivity index (χ2v) is 8.07. The van der Waals surface area contributed by atoms with Crippen LogP contribution in [0.25, 0.3) is 0 Å². The van der Waals surface area contributed by atoms with E-state index in [-0.39, 0.29) is 23.3 Å². The second kappa shape index (κ2) is 16.5. The van der Waals surface area contributed by atoms with Crippen LogP contribution in [0.15, 0.2) is 15.7 Å². The van der Waals surface area contributed by atoms with Crippen LogP contribution in [-0.4, -0.2) is 53.2 Å². The van der Waals surface area contributed by atoms with Crippen molar-refractivity contribution in [1.29, 1.82) is 0 Å². The molecule has 0 fully saturated rings. The van der Waals surface area contributed by atoms with Gasteiger partial charge in [0.15, 0.2) is 0 Å². The number of ether oxygens (including phenoxy) is 1. The van der Waals surface area contributed by atoms with E-state index in [1.807, 2.05) is 0 Å². The van der Waals surface area contributed by atoms with Gasteiger partial charge in [0.05, 0.1) is 6.61 Å². The third-order valence-corrected chi connectivity index (χ3v) is 5.25. The highest BCUT2D eigenvalue weighted by Crippen LogP contribution is 2.02. The summed E-state index contributed by atoms with van der Waals surface area (Å²) in [5, 5.41) is 8.74. The predicted octanol–water partition coefficient (Wildman–Crippen LogP) is 0.802. The number of carbonyl (C=O) groups is 3. The van der Waals surface area contributed by atoms with E-state index in [1.165, 1.54) is 17.7 Å². The van der Waals surface area contributed by atoms with Crippen molar-refractivity contribution in [2.24, 2.45) is 14.1 Å². The molecule has 0 saturated carbocycles. The third kappa shape index (κ3) is 11.7. The minimum absolute atomic E-state index is 0.0243. The second-order valence-electron chi connectivity index (χ2n) is 8.07. The zero-order valence-corrected chi connectivity index (χ0v) is 20.6. The number of unbranched alkanes of at least 4 members (excludes halogenated alkanes) is 3. The highest BCUT2D eigenvalue weighted by Gasteiger charge is 2.06. The van der Waals surface area contributed by atoms with Gasteiger partial charge in [-0.05, 0) is 45.4 Å². The largest absolute Gasteiger partial charge is 0.466 e. The van der Waals surface area contributed by atoms with E-state index in [4.69, 9.17) is 4.74 Å². The molecule has 0 unspecified atom stereocenters. The van der Waals surface area contributed by atoms with Crippen LogP contribution in [0.4, 0.5) is 5.82 Å². The molecule has 34 heavy (non-hydrogen) atoms. The summed E-state index contributed by atoms with van der Waals surface area (Å²) in [6.07, 6.45) is 5.40. The number of carbonyl (C=O) groups excluding carboxylic acids is 3. The van der Waals surface area contributed by atoms with Crippen LogP contribution in [0, 0.1) is 0 Å². The first-order chi connectivity index (χ1) is 16.3. The van der Waals surface area contributed by atoms with Crippen molar-refractivity contribution in [3.63, 3.8) is 0 Å². The van der Waals surface area contributed by atoms with Gasteiger partial charge in [0.25, 0.3) is 5.56 Å². The average Bonchev–Trinajstić information content (AvgIpc) is 2.80. The summed E-state index contributed by atoms with van der Waals surface area (Å²) in [6, 6.07) is 1.38. The summed E-state index contributed by atoms with van der Waals surface area (Å²) in [5.74, 6) is 0.190. The molecule has 0 spiro atoms. The molecule has 0 aliphatic carbocycles. The molecule has 0 radical (unpaired) electrons. The van der Waals surface area contributed by atoms with Crippen molar-refractivity contribution in [2.45, 2.75) is 64.7 Å². The van der Waals surface area contributed by atoms with Gasteiger partial charge in [-0.25, -0.2) is 4.79 Å². The maximum atomic E-state index is 11.9. The Labute approximate surface area is 200 Å². The first-order valence-corrected chi connectivity index (χ1v) is 12.0. The number of aromatic nitrogens is 2. The molecule has 2 amide bonds. The van der Waals surface area contributed by atoms with Crippen LogP contribution in [0.3, 0.4) is 0 Å². The monoisotopic (exact) mass is 481 g/mol. The molecule has 0 aliphatic heterocycles. The lowest BCUT2D eigenvalue weighted by Gasteiger charge is -2.11. The minimum Gasteiger partial charge on any atom is -0.466 e. The Morgan fingerprint density at radius 1 is 0.794 bits per heavy atom. The van der Waals surface area contributed by atoms with Gasteiger partial charge < -0.3 is 20.7 Å². The first kappa shape index (κ1) is 28.9. The number of amides is 2. The fourth-order valence-corrected chi connectivity index (χ4v) is 3.20. The van der Waals surface area contributed by atoms with E-state index in [2.05, 4.69) is 16.0 Å². The number of esters is 1. The van der Waals surface area contributed by atoms with Crippen LogP contribution in [-0.2, 0) is 33.2 Å². The molecule has 11 nitrogen and oxygen atoms in total. The fourth-order valence-electron chi connectivity index (χ4n) is 3.20. The summed E-state index contributed by atoms with van der Waals surface area (Å²) in [5.41, 5.74) is -0.758. The number of nitrogens with zero attached hydrogens (tertiary/aromatic N) is 2. The summed E-state index contributed by atoms with van der Waals surface area (Å²) in [7, 11) is 3.02. The molecule has 1 heterocycles. The highest BCUT2D eigenvalue weighted by atomic mass is 16.5. The predicted molar refractivity (Wildman–Crippen MR) is 130 cm³/mol. The zero-order valence-electron chi connectivity index (χ0n) is 20.6. The summed E-state index contributed by atoms with van der Waals surface area (Å²) in [6.45, 7) is 3.77. The lowest BCUT2D eigenvalue weighted by molar-refractivity contribution is -0.143. The fraction of sp³-hybridized carbons (Fsp3) is 0.696. The molecule has 3 N–H and O–H groups in total. The molecule has 0 aromatic carbocycles. The van der Waals surface area contributed by atoms with Gasteiger partial charge >= 0.3 is 11.7 Å². The Morgan fingerprint density at radius 3 is 1.88 bits per heavy atom. The topological polar surface area (TPSA) is 141 Å². The standard InChI is InChI=1S/C23H39N5O6/c1-4-34-22(32)13-7-10-16-26-20(30)12-6-9-15-25-19(29)11-5-8-14-24-18-17-21(31)28(3)23(33)27(18)2/h17,24H,4-16H2,1-3H3,(H,25,29)(H,26,30). The Balaban J connectivity index is 2.02. The van der Waals surface area contributed by atoms with Crippen molar-refractivity contribution in [3.8, 4) is 0 Å². The Hall–Kier alpha value is -3.11. The molecule has 192 valence electrons. The molecule has 0 saturated heterocycles. The summed E-state index contributed by atoms with van der Waals surface area (Å²) in [4.78, 5) is 58.5. The van der Waals surface area contributed by atoms with E-state index in [1.54, 1.807) is 14.0 Å². The SMILES string of the molecule is CCOC(=O)CCCCNC(=O)CCCCNC(=O)CCCCNc1cc(=O)n(C)c(=O)n1C. The van der Waals surface area contributed by atoms with Crippen LogP contribution in [0.1, 0.15) is 64.7 Å². The van der Waals surface area contributed by atoms with E-state index >= 15 is 0 Å². The van der Waals surface area contributed by atoms with E-state index in [0.717, 1.165) is 23.8 Å². The quantitative estimate of drug-likeness (QED) is 0.221. The molecule has 1 aromatic rings. The first-order valence-electron chi connectivity index (χ1n) is 12.0. The number of hydrogen-bond acceptors (Lipinski definition) is 7. The Morgan fingerprint density at radius 2 is 1.32 bits per heavy atom. The Bertz CT molecular complexity index is 908. The van der Waals surface area contributed by atoms with Crippen LogP contribution >= 0.6 is 0 Å². The molecule has 1 aromatic heterocycles. The van der Waals surface area contributed by atoms with Crippen molar-refractivity contribution in [2.75, 3.05) is 31.6 Å². The summed E-state index contributed by atoms with van der Waals surface area (Å²) < 4.78 is 7.26. The minimum atomic E-state index is -0.391. The number of rotatable bonds is 17. The molecule has 11 heteroatoms.